The first-order valence-corrected chi connectivity index (χ1v) is 5.44. The molecule has 0 radical (unpaired) electrons. The highest BCUT2D eigenvalue weighted by atomic mass is 16.5. The summed E-state index contributed by atoms with van der Waals surface area (Å²) in [4.78, 5) is 11.6. The van der Waals surface area contributed by atoms with Crippen LogP contribution in [0.5, 0.6) is 0 Å². The standard InChI is InChI=1S/C13H16O2/c1-9(2)15-13(14)12-8-11(12)10-6-4-3-5-7-10/h3-7,9,11-12H,8H2,1-2H3/t11-,12+/m0/s1. The molecule has 2 atom stereocenters. The second-order valence-corrected chi connectivity index (χ2v) is 4.35. The predicted molar refractivity (Wildman–Crippen MR) is 58.5 cm³/mol. The molecule has 0 heterocycles. The minimum atomic E-state index is -0.0427. The highest BCUT2D eigenvalue weighted by Crippen LogP contribution is 2.48. The van der Waals surface area contributed by atoms with Crippen LogP contribution in [0.25, 0.3) is 0 Å². The maximum atomic E-state index is 11.6. The van der Waals surface area contributed by atoms with Crippen molar-refractivity contribution in [1.29, 1.82) is 0 Å². The van der Waals surface area contributed by atoms with Crippen molar-refractivity contribution in [2.45, 2.75) is 32.3 Å². The SMILES string of the molecule is CC(C)OC(=O)[C@@H]1C[C@H]1c1ccccc1. The Morgan fingerprint density at radius 3 is 2.60 bits per heavy atom. The third-order valence-corrected chi connectivity index (χ3v) is 2.67. The maximum absolute atomic E-state index is 11.6. The predicted octanol–water partition coefficient (Wildman–Crippen LogP) is 2.74. The molecule has 1 aliphatic rings. The van der Waals surface area contributed by atoms with Crippen LogP contribution in [0.15, 0.2) is 30.3 Å². The van der Waals surface area contributed by atoms with Crippen LogP contribution in [0.2, 0.25) is 0 Å². The van der Waals surface area contributed by atoms with Gasteiger partial charge in [-0.25, -0.2) is 0 Å². The lowest BCUT2D eigenvalue weighted by Crippen LogP contribution is -2.13. The first kappa shape index (κ1) is 10.2. The Balaban J connectivity index is 1.94. The highest BCUT2D eigenvalue weighted by Gasteiger charge is 2.45. The van der Waals surface area contributed by atoms with E-state index in [1.54, 1.807) is 0 Å². The summed E-state index contributed by atoms with van der Waals surface area (Å²) in [5, 5.41) is 0. The van der Waals surface area contributed by atoms with Gasteiger partial charge in [0.15, 0.2) is 0 Å². The van der Waals surface area contributed by atoms with Gasteiger partial charge in [-0.05, 0) is 31.7 Å². The molecule has 0 bridgehead atoms. The fourth-order valence-electron chi connectivity index (χ4n) is 1.84. The van der Waals surface area contributed by atoms with Gasteiger partial charge in [-0.3, -0.25) is 4.79 Å². The Labute approximate surface area is 90.3 Å². The van der Waals surface area contributed by atoms with Crippen LogP contribution in [0.1, 0.15) is 31.7 Å². The summed E-state index contributed by atoms with van der Waals surface area (Å²) in [6.07, 6.45) is 0.935. The van der Waals surface area contributed by atoms with E-state index in [0.29, 0.717) is 5.92 Å². The van der Waals surface area contributed by atoms with E-state index in [2.05, 4.69) is 12.1 Å². The second-order valence-electron chi connectivity index (χ2n) is 4.35. The van der Waals surface area contributed by atoms with Crippen LogP contribution in [0.3, 0.4) is 0 Å². The Bertz CT molecular complexity index is 343. The molecular formula is C13H16O2. The van der Waals surface area contributed by atoms with Crippen LogP contribution in [0.4, 0.5) is 0 Å². The molecule has 0 amide bonds. The van der Waals surface area contributed by atoms with E-state index in [1.807, 2.05) is 32.0 Å². The van der Waals surface area contributed by atoms with Crippen LogP contribution in [0, 0.1) is 5.92 Å². The second kappa shape index (κ2) is 4.05. The van der Waals surface area contributed by atoms with Crippen molar-refractivity contribution < 1.29 is 9.53 Å². The van der Waals surface area contributed by atoms with Gasteiger partial charge in [0.2, 0.25) is 0 Å². The molecule has 0 aromatic heterocycles. The normalized spacial score (nSPS) is 23.9. The van der Waals surface area contributed by atoms with Crippen molar-refractivity contribution in [2.24, 2.45) is 5.92 Å². The topological polar surface area (TPSA) is 26.3 Å². The van der Waals surface area contributed by atoms with Crippen molar-refractivity contribution >= 4 is 5.97 Å². The van der Waals surface area contributed by atoms with Crippen LogP contribution in [-0.2, 0) is 9.53 Å². The maximum Gasteiger partial charge on any atom is 0.309 e. The monoisotopic (exact) mass is 204 g/mol. The third kappa shape index (κ3) is 2.38. The Morgan fingerprint density at radius 1 is 1.33 bits per heavy atom. The Hall–Kier alpha value is -1.31. The van der Waals surface area contributed by atoms with Crippen molar-refractivity contribution in [3.8, 4) is 0 Å². The van der Waals surface area contributed by atoms with Crippen molar-refractivity contribution in [1.82, 2.24) is 0 Å². The van der Waals surface area contributed by atoms with E-state index in [-0.39, 0.29) is 18.0 Å². The van der Waals surface area contributed by atoms with E-state index in [4.69, 9.17) is 4.74 Å². The molecule has 0 unspecified atom stereocenters. The lowest BCUT2D eigenvalue weighted by Gasteiger charge is -2.07. The molecule has 2 nitrogen and oxygen atoms in total. The molecule has 1 fully saturated rings. The smallest absolute Gasteiger partial charge is 0.309 e. The van der Waals surface area contributed by atoms with Gasteiger partial charge in [0.25, 0.3) is 0 Å². The van der Waals surface area contributed by atoms with Crippen molar-refractivity contribution in [2.75, 3.05) is 0 Å². The summed E-state index contributed by atoms with van der Waals surface area (Å²) < 4.78 is 5.19. The first-order valence-electron chi connectivity index (χ1n) is 5.44. The van der Waals surface area contributed by atoms with Gasteiger partial charge >= 0.3 is 5.97 Å². The zero-order valence-electron chi connectivity index (χ0n) is 9.14. The van der Waals surface area contributed by atoms with Gasteiger partial charge in [0, 0.05) is 0 Å². The molecule has 80 valence electrons. The minimum absolute atomic E-state index is 0.00507. The average Bonchev–Trinajstić information content (AvgIpc) is 2.97. The number of hydrogen-bond acceptors (Lipinski definition) is 2. The summed E-state index contributed by atoms with van der Waals surface area (Å²) in [6, 6.07) is 10.2. The molecule has 2 rings (SSSR count). The average molecular weight is 204 g/mol. The molecule has 1 aromatic rings. The summed E-state index contributed by atoms with van der Waals surface area (Å²) >= 11 is 0. The van der Waals surface area contributed by atoms with Gasteiger partial charge in [-0.2, -0.15) is 0 Å². The van der Waals surface area contributed by atoms with Crippen molar-refractivity contribution in [3.05, 3.63) is 35.9 Å². The molecule has 1 aromatic carbocycles. The third-order valence-electron chi connectivity index (χ3n) is 2.67. The highest BCUT2D eigenvalue weighted by molar-refractivity contribution is 5.77. The lowest BCUT2D eigenvalue weighted by molar-refractivity contribution is -0.149. The Morgan fingerprint density at radius 2 is 2.00 bits per heavy atom. The number of ether oxygens (including phenoxy) is 1. The number of benzene rings is 1. The number of rotatable bonds is 3. The number of carbonyl (C=O) groups is 1. The molecule has 0 saturated heterocycles. The number of carbonyl (C=O) groups excluding carboxylic acids is 1. The van der Waals surface area contributed by atoms with Gasteiger partial charge in [-0.1, -0.05) is 30.3 Å². The van der Waals surface area contributed by atoms with Crippen molar-refractivity contribution in [3.63, 3.8) is 0 Å². The molecule has 0 N–H and O–H groups in total. The van der Waals surface area contributed by atoms with Gasteiger partial charge in [0.05, 0.1) is 12.0 Å². The van der Waals surface area contributed by atoms with E-state index in [0.717, 1.165) is 6.42 Å². The fraction of sp³-hybridized carbons (Fsp3) is 0.462. The van der Waals surface area contributed by atoms with E-state index >= 15 is 0 Å². The number of hydrogen-bond donors (Lipinski definition) is 0. The molecule has 1 saturated carbocycles. The molecule has 15 heavy (non-hydrogen) atoms. The van der Waals surface area contributed by atoms with Crippen LogP contribution in [-0.4, -0.2) is 12.1 Å². The van der Waals surface area contributed by atoms with Crippen LogP contribution >= 0.6 is 0 Å². The summed E-state index contributed by atoms with van der Waals surface area (Å²) in [6.45, 7) is 3.77. The van der Waals surface area contributed by atoms with E-state index in [9.17, 15) is 4.79 Å². The number of esters is 1. The Kier molecular flexibility index (Phi) is 2.76. The lowest BCUT2D eigenvalue weighted by atomic mass is 10.1. The van der Waals surface area contributed by atoms with Gasteiger partial charge < -0.3 is 4.74 Å². The first-order chi connectivity index (χ1) is 7.18. The summed E-state index contributed by atoms with van der Waals surface area (Å²) in [7, 11) is 0. The molecule has 0 spiro atoms. The quantitative estimate of drug-likeness (QED) is 0.708. The molecule has 1 aliphatic carbocycles. The fourth-order valence-corrected chi connectivity index (χ4v) is 1.84. The van der Waals surface area contributed by atoms with E-state index < -0.39 is 0 Å². The van der Waals surface area contributed by atoms with E-state index in [1.165, 1.54) is 5.56 Å². The minimum Gasteiger partial charge on any atom is -0.463 e. The summed E-state index contributed by atoms with van der Waals surface area (Å²) in [5.74, 6) is 0.436. The molecular weight excluding hydrogens is 188 g/mol. The zero-order chi connectivity index (χ0) is 10.8. The summed E-state index contributed by atoms with van der Waals surface area (Å²) in [5.41, 5.74) is 1.25. The zero-order valence-corrected chi connectivity index (χ0v) is 9.14. The molecule has 0 aliphatic heterocycles. The molecule has 2 heteroatoms. The van der Waals surface area contributed by atoms with Gasteiger partial charge in [0.1, 0.15) is 0 Å². The van der Waals surface area contributed by atoms with Crippen LogP contribution < -0.4 is 0 Å². The largest absolute Gasteiger partial charge is 0.463 e. The van der Waals surface area contributed by atoms with Gasteiger partial charge in [-0.15, -0.1) is 0 Å².